The lowest BCUT2D eigenvalue weighted by atomic mass is 10.1. The van der Waals surface area contributed by atoms with E-state index in [1.165, 1.54) is 4.90 Å². The molecule has 38 heavy (non-hydrogen) atoms. The Morgan fingerprint density at radius 1 is 1.03 bits per heavy atom. The van der Waals surface area contributed by atoms with Gasteiger partial charge in [0.1, 0.15) is 18.1 Å². The van der Waals surface area contributed by atoms with Crippen molar-refractivity contribution in [1.29, 1.82) is 0 Å². The summed E-state index contributed by atoms with van der Waals surface area (Å²) in [6.07, 6.45) is 6.93. The molecule has 1 aliphatic heterocycles. The summed E-state index contributed by atoms with van der Waals surface area (Å²) in [5, 5.41) is 3.31. The van der Waals surface area contributed by atoms with Gasteiger partial charge in [-0.15, -0.1) is 0 Å². The number of amides is 2. The van der Waals surface area contributed by atoms with Gasteiger partial charge >= 0.3 is 6.09 Å². The third-order valence-electron chi connectivity index (χ3n) is 6.46. The number of rotatable bonds is 7. The first-order chi connectivity index (χ1) is 18.5. The molecule has 2 aromatic carbocycles. The van der Waals surface area contributed by atoms with E-state index in [1.807, 2.05) is 53.1 Å². The van der Waals surface area contributed by atoms with E-state index >= 15 is 0 Å². The molecule has 1 fully saturated rings. The van der Waals surface area contributed by atoms with Crippen molar-refractivity contribution in [2.45, 2.75) is 11.5 Å². The van der Waals surface area contributed by atoms with Crippen LogP contribution in [0.15, 0.2) is 78.1 Å². The molecule has 1 atom stereocenters. The fraction of sp³-hybridized carbons (Fsp3) is 0.250. The molecule has 0 radical (unpaired) electrons. The molecular weight excluding hydrogens is 500 g/mol. The number of carbonyl (C=O) groups is 2. The van der Waals surface area contributed by atoms with Gasteiger partial charge in [-0.2, -0.15) is 10.5 Å². The highest BCUT2D eigenvalue weighted by atomic mass is 32.2. The van der Waals surface area contributed by atoms with Crippen LogP contribution < -0.4 is 5.32 Å². The van der Waals surface area contributed by atoms with E-state index < -0.39 is 0 Å². The summed E-state index contributed by atoms with van der Waals surface area (Å²) < 4.78 is 7.33. The molecule has 196 valence electrons. The van der Waals surface area contributed by atoms with Crippen molar-refractivity contribution in [2.24, 2.45) is 0 Å². The zero-order valence-electron chi connectivity index (χ0n) is 21.2. The molecule has 2 aromatic heterocycles. The Hall–Kier alpha value is -4.18. The van der Waals surface area contributed by atoms with Crippen molar-refractivity contribution in [3.63, 3.8) is 0 Å². The lowest BCUT2D eigenvalue weighted by molar-refractivity contribution is -0.130. The van der Waals surface area contributed by atoms with E-state index in [9.17, 15) is 9.59 Å². The number of imidazole rings is 1. The first-order valence-electron chi connectivity index (χ1n) is 12.3. The van der Waals surface area contributed by atoms with Crippen LogP contribution >= 0.6 is 10.5 Å². The van der Waals surface area contributed by atoms with Gasteiger partial charge in [0.2, 0.25) is 5.91 Å². The monoisotopic (exact) mass is 530 g/mol. The number of benzene rings is 2. The normalized spacial score (nSPS) is 14.3. The molecule has 5 rings (SSSR count). The molecule has 4 aromatic rings. The number of nitrogens with one attached hydrogen (secondary N) is 1. The van der Waals surface area contributed by atoms with Crippen LogP contribution in [0.25, 0.3) is 16.9 Å². The van der Waals surface area contributed by atoms with E-state index in [0.29, 0.717) is 31.8 Å². The average Bonchev–Trinajstić information content (AvgIpc) is 3.34. The molecule has 9 nitrogen and oxygen atoms in total. The largest absolute Gasteiger partial charge is 0.445 e. The lowest BCUT2D eigenvalue weighted by Gasteiger charge is -2.34. The highest BCUT2D eigenvalue weighted by molar-refractivity contribution is 8.13. The van der Waals surface area contributed by atoms with Crippen molar-refractivity contribution >= 4 is 39.8 Å². The lowest BCUT2D eigenvalue weighted by Crippen LogP contribution is -2.51. The Kier molecular flexibility index (Phi) is 7.69. The van der Waals surface area contributed by atoms with Crippen LogP contribution in [0.4, 0.5) is 10.6 Å². The summed E-state index contributed by atoms with van der Waals surface area (Å²) in [7, 11) is -0.0760. The third kappa shape index (κ3) is 5.70. The molecule has 2 amide bonds. The molecule has 1 unspecified atom stereocenters. The van der Waals surface area contributed by atoms with E-state index in [-0.39, 0.29) is 35.6 Å². The second kappa shape index (κ2) is 11.5. The van der Waals surface area contributed by atoms with Crippen molar-refractivity contribution in [1.82, 2.24) is 24.2 Å². The van der Waals surface area contributed by atoms with Crippen LogP contribution in [0.3, 0.4) is 0 Å². The number of fused-ring (bicyclic) bond motifs is 1. The zero-order valence-corrected chi connectivity index (χ0v) is 22.1. The molecule has 1 aliphatic rings. The van der Waals surface area contributed by atoms with Crippen molar-refractivity contribution < 1.29 is 14.3 Å². The molecule has 3 heterocycles. The van der Waals surface area contributed by atoms with Crippen LogP contribution in [0.2, 0.25) is 0 Å². The number of aromatic nitrogens is 3. The van der Waals surface area contributed by atoms with Gasteiger partial charge in [0.25, 0.3) is 0 Å². The summed E-state index contributed by atoms with van der Waals surface area (Å²) in [5.74, 6) is 4.80. The molecule has 1 saturated heterocycles. The van der Waals surface area contributed by atoms with Crippen LogP contribution in [0.5, 0.6) is 0 Å². The van der Waals surface area contributed by atoms with Crippen molar-refractivity contribution in [3.8, 4) is 11.3 Å². The van der Waals surface area contributed by atoms with E-state index in [2.05, 4.69) is 34.6 Å². The predicted molar refractivity (Wildman–Crippen MR) is 151 cm³/mol. The Bertz CT molecular complexity index is 1450. The molecular formula is C28H30N6O3S. The van der Waals surface area contributed by atoms with E-state index in [1.54, 1.807) is 22.2 Å². The Morgan fingerprint density at radius 3 is 2.45 bits per heavy atom. The van der Waals surface area contributed by atoms with Gasteiger partial charge < -0.3 is 19.9 Å². The second-order valence-electron chi connectivity index (χ2n) is 9.04. The maximum Gasteiger partial charge on any atom is 0.410 e. The molecule has 0 aliphatic carbocycles. The van der Waals surface area contributed by atoms with Crippen LogP contribution in [-0.2, 0) is 16.1 Å². The topological polar surface area (TPSA) is 92.1 Å². The number of ether oxygens (including phenoxy) is 1. The number of nitrogens with zero attached hydrogens (tertiary/aromatic N) is 5. The highest BCUT2D eigenvalue weighted by Crippen LogP contribution is 2.30. The fourth-order valence-electron chi connectivity index (χ4n) is 4.34. The number of hydrogen-bond donors (Lipinski definition) is 1. The van der Waals surface area contributed by atoms with Gasteiger partial charge in [-0.3, -0.25) is 14.2 Å². The van der Waals surface area contributed by atoms with Gasteiger partial charge in [-0.1, -0.05) is 48.3 Å². The SMILES string of the molecule is C=S(C)c1ccc(-c2nc3cnccn3c2NCC(=O)N2CCN(C(=O)OCc3ccccc3)CC2)cc1. The second-order valence-corrected chi connectivity index (χ2v) is 10.8. The molecule has 10 heteroatoms. The smallest absolute Gasteiger partial charge is 0.410 e. The zero-order chi connectivity index (χ0) is 26.5. The quantitative estimate of drug-likeness (QED) is 0.364. The first kappa shape index (κ1) is 25.5. The average molecular weight is 531 g/mol. The number of anilines is 1. The van der Waals surface area contributed by atoms with Crippen LogP contribution in [0.1, 0.15) is 5.56 Å². The Labute approximate surface area is 224 Å². The Balaban J connectivity index is 1.20. The third-order valence-corrected chi connectivity index (χ3v) is 7.54. The minimum atomic E-state index is -0.358. The van der Waals surface area contributed by atoms with E-state index in [0.717, 1.165) is 22.6 Å². The Morgan fingerprint density at radius 2 is 1.74 bits per heavy atom. The van der Waals surface area contributed by atoms with E-state index in [4.69, 9.17) is 9.72 Å². The van der Waals surface area contributed by atoms with Crippen molar-refractivity contribution in [3.05, 3.63) is 78.8 Å². The molecule has 0 saturated carbocycles. The maximum atomic E-state index is 13.1. The number of carbonyl (C=O) groups excluding carboxylic acids is 2. The number of piperazine rings is 1. The van der Waals surface area contributed by atoms with Gasteiger partial charge in [0, 0.05) is 49.0 Å². The summed E-state index contributed by atoms with van der Waals surface area (Å²) in [5.41, 5.74) is 3.33. The summed E-state index contributed by atoms with van der Waals surface area (Å²) >= 11 is 0. The molecule has 0 spiro atoms. The summed E-state index contributed by atoms with van der Waals surface area (Å²) in [6, 6.07) is 17.8. The predicted octanol–water partition coefficient (Wildman–Crippen LogP) is 3.98. The minimum absolute atomic E-state index is 0.0420. The molecule has 1 N–H and O–H groups in total. The molecule has 0 bridgehead atoms. The summed E-state index contributed by atoms with van der Waals surface area (Å²) in [6.45, 7) is 2.12. The van der Waals surface area contributed by atoms with Gasteiger partial charge in [-0.25, -0.2) is 9.78 Å². The maximum absolute atomic E-state index is 13.1. The van der Waals surface area contributed by atoms with Crippen LogP contribution in [-0.4, -0.2) is 81.0 Å². The van der Waals surface area contributed by atoms with Gasteiger partial charge in [0.05, 0.1) is 12.7 Å². The minimum Gasteiger partial charge on any atom is -0.445 e. The highest BCUT2D eigenvalue weighted by Gasteiger charge is 2.25. The first-order valence-corrected chi connectivity index (χ1v) is 14.2. The summed E-state index contributed by atoms with van der Waals surface area (Å²) in [4.78, 5) is 39.0. The van der Waals surface area contributed by atoms with Crippen LogP contribution in [0, 0.1) is 0 Å². The van der Waals surface area contributed by atoms with Gasteiger partial charge in [0.15, 0.2) is 5.65 Å². The fourth-order valence-corrected chi connectivity index (χ4v) is 4.94. The van der Waals surface area contributed by atoms with Gasteiger partial charge in [-0.05, 0) is 24.0 Å². The van der Waals surface area contributed by atoms with Crippen molar-refractivity contribution in [2.75, 3.05) is 44.3 Å². The number of hydrogen-bond acceptors (Lipinski definition) is 6. The standard InChI is InChI=1S/C28H30N6O3S/c1-38(2)23-10-8-22(9-11-23)26-27(34-13-12-29-18-24(34)31-26)30-19-25(35)32-14-16-33(17-15-32)28(36)37-20-21-6-4-3-5-7-21/h3-13,18,30H,1,14-17,19-20H2,2H3.